The van der Waals surface area contributed by atoms with Crippen molar-refractivity contribution < 1.29 is 18.9 Å². The highest BCUT2D eigenvalue weighted by atomic mass is 32.2. The van der Waals surface area contributed by atoms with Crippen molar-refractivity contribution in [2.24, 2.45) is 0 Å². The van der Waals surface area contributed by atoms with Crippen molar-refractivity contribution in [3.8, 4) is 0 Å². The number of ether oxygens (including phenoxy) is 4. The molecule has 0 amide bonds. The summed E-state index contributed by atoms with van der Waals surface area (Å²) in [7, 11) is 1.61. The molecule has 1 saturated heterocycles. The number of rotatable bonds is 8. The standard InChI is InChI=1S/C14H24O4S2/c1-5-7-8-10-11(16-9-6-2)12(13(15-3)17-10)18-14(19)20-4/h6,10-13H,2,5,7-9H2,1,3-4H3/t10-,11+,12-,13+/m1/s1. The Labute approximate surface area is 131 Å². The highest BCUT2D eigenvalue weighted by molar-refractivity contribution is 8.22. The SMILES string of the molecule is C=CCO[C@@H]1[C@@H](OC(=S)SC)[C@@H](OC)O[C@@H]1CCCC. The third-order valence-corrected chi connectivity index (χ3v) is 4.17. The van der Waals surface area contributed by atoms with Crippen LogP contribution in [0.5, 0.6) is 0 Å². The highest BCUT2D eigenvalue weighted by Gasteiger charge is 2.47. The van der Waals surface area contributed by atoms with Crippen LogP contribution < -0.4 is 0 Å². The molecule has 1 aliphatic heterocycles. The summed E-state index contributed by atoms with van der Waals surface area (Å²) in [6.45, 7) is 6.29. The second-order valence-corrected chi connectivity index (χ2v) is 5.95. The Bertz CT molecular complexity index is 312. The van der Waals surface area contributed by atoms with Gasteiger partial charge in [0.15, 0.2) is 12.4 Å². The molecule has 0 saturated carbocycles. The third kappa shape index (κ3) is 5.00. The quantitative estimate of drug-likeness (QED) is 0.505. The van der Waals surface area contributed by atoms with Gasteiger partial charge in [-0.2, -0.15) is 0 Å². The molecule has 4 atom stereocenters. The molecular formula is C14H24O4S2. The lowest BCUT2D eigenvalue weighted by molar-refractivity contribution is -0.145. The number of unbranched alkanes of at least 4 members (excludes halogenated alkanes) is 1. The normalized spacial score (nSPS) is 29.4. The predicted octanol–water partition coefficient (Wildman–Crippen LogP) is 3.15. The summed E-state index contributed by atoms with van der Waals surface area (Å²) >= 11 is 6.53. The summed E-state index contributed by atoms with van der Waals surface area (Å²) in [5.74, 6) is 0. The van der Waals surface area contributed by atoms with Crippen LogP contribution in [0.2, 0.25) is 0 Å². The summed E-state index contributed by atoms with van der Waals surface area (Å²) in [5, 5.41) is 0. The number of methoxy groups -OCH3 is 1. The average Bonchev–Trinajstić information content (AvgIpc) is 2.79. The van der Waals surface area contributed by atoms with Gasteiger partial charge >= 0.3 is 0 Å². The molecule has 4 nitrogen and oxygen atoms in total. The van der Waals surface area contributed by atoms with Crippen LogP contribution >= 0.6 is 24.0 Å². The van der Waals surface area contributed by atoms with Crippen molar-refractivity contribution in [3.63, 3.8) is 0 Å². The van der Waals surface area contributed by atoms with Gasteiger partial charge in [0.2, 0.25) is 4.38 Å². The van der Waals surface area contributed by atoms with Gasteiger partial charge in [-0.3, -0.25) is 0 Å². The van der Waals surface area contributed by atoms with Gasteiger partial charge in [0.1, 0.15) is 6.10 Å². The third-order valence-electron chi connectivity index (χ3n) is 3.15. The fourth-order valence-corrected chi connectivity index (χ4v) is 2.50. The molecular weight excluding hydrogens is 296 g/mol. The van der Waals surface area contributed by atoms with Crippen LogP contribution in [0.3, 0.4) is 0 Å². The molecule has 0 aromatic carbocycles. The number of hydrogen-bond donors (Lipinski definition) is 0. The lowest BCUT2D eigenvalue weighted by atomic mass is 10.1. The van der Waals surface area contributed by atoms with Crippen LogP contribution in [0.1, 0.15) is 26.2 Å². The molecule has 0 aromatic rings. The first-order valence-electron chi connectivity index (χ1n) is 6.83. The molecule has 1 fully saturated rings. The molecule has 1 rings (SSSR count). The molecule has 1 aliphatic rings. The molecule has 0 unspecified atom stereocenters. The maximum atomic E-state index is 5.90. The fraction of sp³-hybridized carbons (Fsp3) is 0.786. The number of hydrogen-bond acceptors (Lipinski definition) is 6. The smallest absolute Gasteiger partial charge is 0.220 e. The van der Waals surface area contributed by atoms with E-state index < -0.39 is 6.29 Å². The first-order valence-corrected chi connectivity index (χ1v) is 8.46. The zero-order valence-electron chi connectivity index (χ0n) is 12.4. The van der Waals surface area contributed by atoms with Gasteiger partial charge < -0.3 is 18.9 Å². The van der Waals surface area contributed by atoms with Crippen molar-refractivity contribution >= 4 is 28.4 Å². The Morgan fingerprint density at radius 2 is 2.20 bits per heavy atom. The minimum absolute atomic E-state index is 0.0329. The fourth-order valence-electron chi connectivity index (χ4n) is 2.18. The van der Waals surface area contributed by atoms with Crippen molar-refractivity contribution in [1.82, 2.24) is 0 Å². The van der Waals surface area contributed by atoms with Gasteiger partial charge in [-0.25, -0.2) is 0 Å². The van der Waals surface area contributed by atoms with Crippen molar-refractivity contribution in [2.75, 3.05) is 20.0 Å². The molecule has 0 bridgehead atoms. The Hall–Kier alpha value is -0.140. The minimum atomic E-state index is -0.447. The maximum Gasteiger partial charge on any atom is 0.220 e. The van der Waals surface area contributed by atoms with Gasteiger partial charge in [-0.1, -0.05) is 37.6 Å². The zero-order valence-corrected chi connectivity index (χ0v) is 14.0. The minimum Gasteiger partial charge on any atom is -0.467 e. The van der Waals surface area contributed by atoms with Crippen LogP contribution in [-0.2, 0) is 18.9 Å². The lowest BCUT2D eigenvalue weighted by Crippen LogP contribution is -2.39. The van der Waals surface area contributed by atoms with Gasteiger partial charge in [0.25, 0.3) is 0 Å². The lowest BCUT2D eigenvalue weighted by Gasteiger charge is -2.24. The van der Waals surface area contributed by atoms with Gasteiger partial charge in [-0.05, 0) is 24.9 Å². The molecule has 0 aromatic heterocycles. The summed E-state index contributed by atoms with van der Waals surface area (Å²) in [4.78, 5) is 0. The monoisotopic (exact) mass is 320 g/mol. The van der Waals surface area contributed by atoms with Crippen LogP contribution in [0.15, 0.2) is 12.7 Å². The van der Waals surface area contributed by atoms with Crippen molar-refractivity contribution in [1.29, 1.82) is 0 Å². The first kappa shape index (κ1) is 17.9. The van der Waals surface area contributed by atoms with E-state index in [0.717, 1.165) is 19.3 Å². The van der Waals surface area contributed by atoms with Gasteiger partial charge in [0.05, 0.1) is 12.7 Å². The van der Waals surface area contributed by atoms with Crippen molar-refractivity contribution in [2.45, 2.75) is 50.8 Å². The molecule has 1 heterocycles. The maximum absolute atomic E-state index is 5.90. The van der Waals surface area contributed by atoms with Crippen molar-refractivity contribution in [3.05, 3.63) is 12.7 Å². The van der Waals surface area contributed by atoms with Gasteiger partial charge in [-0.15, -0.1) is 6.58 Å². The van der Waals surface area contributed by atoms with Crippen LogP contribution in [0.25, 0.3) is 0 Å². The Kier molecular flexibility index (Phi) is 8.72. The van der Waals surface area contributed by atoms with Crippen LogP contribution in [-0.4, -0.2) is 49.0 Å². The Morgan fingerprint density at radius 1 is 1.45 bits per heavy atom. The van der Waals surface area contributed by atoms with Crippen LogP contribution in [0.4, 0.5) is 0 Å². The Balaban J connectivity index is 2.76. The molecule has 0 aliphatic carbocycles. The van der Waals surface area contributed by atoms with E-state index in [9.17, 15) is 0 Å². The van der Waals surface area contributed by atoms with E-state index >= 15 is 0 Å². The van der Waals surface area contributed by atoms with E-state index in [2.05, 4.69) is 13.5 Å². The van der Waals surface area contributed by atoms with E-state index in [1.165, 1.54) is 11.8 Å². The van der Waals surface area contributed by atoms with E-state index in [0.29, 0.717) is 11.0 Å². The largest absolute Gasteiger partial charge is 0.467 e. The molecule has 20 heavy (non-hydrogen) atoms. The van der Waals surface area contributed by atoms with E-state index in [1.54, 1.807) is 13.2 Å². The molecule has 0 spiro atoms. The summed E-state index contributed by atoms with van der Waals surface area (Å²) in [5.41, 5.74) is 0. The summed E-state index contributed by atoms with van der Waals surface area (Å²) in [6, 6.07) is 0. The average molecular weight is 320 g/mol. The van der Waals surface area contributed by atoms with Gasteiger partial charge in [0, 0.05) is 7.11 Å². The molecule has 0 N–H and O–H groups in total. The summed E-state index contributed by atoms with van der Waals surface area (Å²) < 4.78 is 23.4. The topological polar surface area (TPSA) is 36.9 Å². The highest BCUT2D eigenvalue weighted by Crippen LogP contribution is 2.31. The van der Waals surface area contributed by atoms with E-state index in [4.69, 9.17) is 31.2 Å². The molecule has 6 heteroatoms. The second kappa shape index (κ2) is 9.73. The molecule has 116 valence electrons. The van der Waals surface area contributed by atoms with Crippen LogP contribution in [0, 0.1) is 0 Å². The zero-order chi connectivity index (χ0) is 15.0. The van der Waals surface area contributed by atoms with E-state index in [1.807, 2.05) is 6.26 Å². The first-order chi connectivity index (χ1) is 9.67. The molecule has 0 radical (unpaired) electrons. The Morgan fingerprint density at radius 3 is 2.75 bits per heavy atom. The predicted molar refractivity (Wildman–Crippen MR) is 86.1 cm³/mol. The van der Waals surface area contributed by atoms with E-state index in [-0.39, 0.29) is 18.3 Å². The summed E-state index contributed by atoms with van der Waals surface area (Å²) in [6.07, 6.45) is 5.72. The second-order valence-electron chi connectivity index (χ2n) is 4.54. The number of thiocarbonyl (C=S) groups is 1. The number of thioether (sulfide) groups is 1.